The number of anilines is 1. The lowest BCUT2D eigenvalue weighted by Crippen LogP contribution is -2.50. The molecule has 0 N–H and O–H groups in total. The molecule has 1 saturated heterocycles. The SMILES string of the molecule is Cc1ccc(C)c2sc(N3CCN(C(=O)C4CCCCC4)CC3)nc12. The lowest BCUT2D eigenvalue weighted by molar-refractivity contribution is -0.136. The van der Waals surface area contributed by atoms with E-state index in [0.717, 1.165) is 49.7 Å². The molecule has 4 rings (SSSR count). The van der Waals surface area contributed by atoms with E-state index >= 15 is 0 Å². The Balaban J connectivity index is 1.44. The molecule has 1 amide bonds. The van der Waals surface area contributed by atoms with Crippen molar-refractivity contribution >= 4 is 32.6 Å². The van der Waals surface area contributed by atoms with Crippen molar-refractivity contribution in [1.29, 1.82) is 0 Å². The fourth-order valence-corrected chi connectivity index (χ4v) is 5.27. The molecule has 1 aliphatic carbocycles. The van der Waals surface area contributed by atoms with E-state index in [0.29, 0.717) is 5.91 Å². The maximum atomic E-state index is 12.7. The number of nitrogens with zero attached hydrogens (tertiary/aromatic N) is 3. The summed E-state index contributed by atoms with van der Waals surface area (Å²) in [5.41, 5.74) is 3.69. The molecule has 1 saturated carbocycles. The van der Waals surface area contributed by atoms with Gasteiger partial charge in [0.25, 0.3) is 0 Å². The van der Waals surface area contributed by atoms with E-state index < -0.39 is 0 Å². The third kappa shape index (κ3) is 3.26. The van der Waals surface area contributed by atoms with Crippen LogP contribution in [0.2, 0.25) is 0 Å². The molecule has 0 unspecified atom stereocenters. The maximum absolute atomic E-state index is 12.7. The van der Waals surface area contributed by atoms with Gasteiger partial charge in [-0.2, -0.15) is 0 Å². The van der Waals surface area contributed by atoms with Crippen molar-refractivity contribution < 1.29 is 4.79 Å². The summed E-state index contributed by atoms with van der Waals surface area (Å²) in [5.74, 6) is 0.684. The quantitative estimate of drug-likeness (QED) is 0.810. The molecule has 5 heteroatoms. The van der Waals surface area contributed by atoms with Gasteiger partial charge in [-0.1, -0.05) is 42.7 Å². The number of aromatic nitrogens is 1. The van der Waals surface area contributed by atoms with Gasteiger partial charge in [0, 0.05) is 32.1 Å². The van der Waals surface area contributed by atoms with E-state index in [1.54, 1.807) is 11.3 Å². The molecule has 0 spiro atoms. The first-order valence-electron chi connectivity index (χ1n) is 9.54. The molecular weight excluding hydrogens is 330 g/mol. The number of piperazine rings is 1. The van der Waals surface area contributed by atoms with E-state index in [9.17, 15) is 4.79 Å². The molecule has 134 valence electrons. The second-order valence-corrected chi connectivity index (χ2v) is 8.50. The number of carbonyl (C=O) groups excluding carboxylic acids is 1. The molecule has 2 aliphatic rings. The zero-order valence-corrected chi connectivity index (χ0v) is 16.1. The number of aryl methyl sites for hydroxylation is 2. The molecule has 0 radical (unpaired) electrons. The first kappa shape index (κ1) is 16.8. The highest BCUT2D eigenvalue weighted by Crippen LogP contribution is 2.33. The Kier molecular flexibility index (Phi) is 4.67. The van der Waals surface area contributed by atoms with Gasteiger partial charge in [0.1, 0.15) is 0 Å². The summed E-state index contributed by atoms with van der Waals surface area (Å²) >= 11 is 1.79. The summed E-state index contributed by atoms with van der Waals surface area (Å²) in [5, 5.41) is 1.11. The van der Waals surface area contributed by atoms with Gasteiger partial charge in [0.15, 0.2) is 5.13 Å². The Morgan fingerprint density at radius 2 is 1.72 bits per heavy atom. The predicted molar refractivity (Wildman–Crippen MR) is 104 cm³/mol. The van der Waals surface area contributed by atoms with Gasteiger partial charge in [-0.3, -0.25) is 4.79 Å². The Morgan fingerprint density at radius 1 is 1.04 bits per heavy atom. The van der Waals surface area contributed by atoms with Crippen LogP contribution in [0.5, 0.6) is 0 Å². The van der Waals surface area contributed by atoms with Crippen molar-refractivity contribution in [2.24, 2.45) is 5.92 Å². The van der Waals surface area contributed by atoms with E-state index in [-0.39, 0.29) is 5.92 Å². The number of amides is 1. The van der Waals surface area contributed by atoms with Crippen LogP contribution in [-0.2, 0) is 4.79 Å². The largest absolute Gasteiger partial charge is 0.345 e. The molecule has 1 aliphatic heterocycles. The van der Waals surface area contributed by atoms with Gasteiger partial charge in [0.2, 0.25) is 5.91 Å². The standard InChI is InChI=1S/C20H27N3OS/c1-14-8-9-15(2)18-17(14)21-20(25-18)23-12-10-22(11-13-23)19(24)16-6-4-3-5-7-16/h8-9,16H,3-7,10-13H2,1-2H3. The summed E-state index contributed by atoms with van der Waals surface area (Å²) in [6, 6.07) is 4.34. The van der Waals surface area contributed by atoms with Crippen LogP contribution in [0.4, 0.5) is 5.13 Å². The number of carbonyl (C=O) groups is 1. The van der Waals surface area contributed by atoms with Crippen LogP contribution < -0.4 is 4.90 Å². The van der Waals surface area contributed by atoms with Crippen molar-refractivity contribution in [2.75, 3.05) is 31.1 Å². The average molecular weight is 358 g/mol. The fourth-order valence-electron chi connectivity index (χ4n) is 4.11. The van der Waals surface area contributed by atoms with Crippen molar-refractivity contribution in [3.05, 3.63) is 23.3 Å². The van der Waals surface area contributed by atoms with Crippen molar-refractivity contribution in [1.82, 2.24) is 9.88 Å². The molecule has 4 nitrogen and oxygen atoms in total. The number of benzene rings is 1. The number of thiazole rings is 1. The van der Waals surface area contributed by atoms with E-state index in [1.165, 1.54) is 35.1 Å². The molecule has 0 atom stereocenters. The summed E-state index contributed by atoms with van der Waals surface area (Å²) in [6.07, 6.45) is 5.93. The minimum Gasteiger partial charge on any atom is -0.345 e. The minimum absolute atomic E-state index is 0.285. The topological polar surface area (TPSA) is 36.4 Å². The van der Waals surface area contributed by atoms with Crippen molar-refractivity contribution in [2.45, 2.75) is 46.0 Å². The molecule has 1 aromatic carbocycles. The Morgan fingerprint density at radius 3 is 2.40 bits per heavy atom. The fraction of sp³-hybridized carbons (Fsp3) is 0.600. The molecule has 0 bridgehead atoms. The van der Waals surface area contributed by atoms with Crippen LogP contribution in [-0.4, -0.2) is 42.0 Å². The normalized spacial score (nSPS) is 19.6. The highest BCUT2D eigenvalue weighted by molar-refractivity contribution is 7.22. The van der Waals surface area contributed by atoms with E-state index in [1.807, 2.05) is 0 Å². The number of rotatable bonds is 2. The zero-order chi connectivity index (χ0) is 17.4. The van der Waals surface area contributed by atoms with Crippen LogP contribution in [0.3, 0.4) is 0 Å². The summed E-state index contributed by atoms with van der Waals surface area (Å²) in [4.78, 5) is 22.1. The highest BCUT2D eigenvalue weighted by Gasteiger charge is 2.29. The second-order valence-electron chi connectivity index (χ2n) is 7.52. The monoisotopic (exact) mass is 357 g/mol. The average Bonchev–Trinajstić information content (AvgIpc) is 3.12. The third-order valence-corrected chi connectivity index (χ3v) is 7.00. The van der Waals surface area contributed by atoms with Crippen LogP contribution in [0.25, 0.3) is 10.2 Å². The molecular formula is C20H27N3OS. The summed E-state index contributed by atoms with van der Waals surface area (Å²) < 4.78 is 1.30. The number of fused-ring (bicyclic) bond motifs is 1. The van der Waals surface area contributed by atoms with Crippen LogP contribution in [0.15, 0.2) is 12.1 Å². The van der Waals surface area contributed by atoms with Crippen LogP contribution >= 0.6 is 11.3 Å². The van der Waals surface area contributed by atoms with Crippen molar-refractivity contribution in [3.8, 4) is 0 Å². The number of hydrogen-bond acceptors (Lipinski definition) is 4. The zero-order valence-electron chi connectivity index (χ0n) is 15.3. The van der Waals surface area contributed by atoms with Gasteiger partial charge in [-0.15, -0.1) is 0 Å². The van der Waals surface area contributed by atoms with Gasteiger partial charge >= 0.3 is 0 Å². The Hall–Kier alpha value is -1.62. The molecule has 2 heterocycles. The summed E-state index contributed by atoms with van der Waals surface area (Å²) in [7, 11) is 0. The lowest BCUT2D eigenvalue weighted by Gasteiger charge is -2.37. The van der Waals surface area contributed by atoms with E-state index in [2.05, 4.69) is 35.8 Å². The molecule has 2 fully saturated rings. The Bertz CT molecular complexity index is 732. The van der Waals surface area contributed by atoms with Crippen LogP contribution in [0.1, 0.15) is 43.2 Å². The van der Waals surface area contributed by atoms with Crippen molar-refractivity contribution in [3.63, 3.8) is 0 Å². The minimum atomic E-state index is 0.285. The summed E-state index contributed by atoms with van der Waals surface area (Å²) in [6.45, 7) is 7.76. The first-order valence-corrected chi connectivity index (χ1v) is 10.4. The molecule has 25 heavy (non-hydrogen) atoms. The van der Waals surface area contributed by atoms with E-state index in [4.69, 9.17) is 4.98 Å². The van der Waals surface area contributed by atoms with Gasteiger partial charge in [0.05, 0.1) is 10.2 Å². The predicted octanol–water partition coefficient (Wildman–Crippen LogP) is 4.14. The van der Waals surface area contributed by atoms with Gasteiger partial charge < -0.3 is 9.80 Å². The Labute approximate surface area is 153 Å². The van der Waals surface area contributed by atoms with Gasteiger partial charge in [-0.05, 0) is 37.8 Å². The smallest absolute Gasteiger partial charge is 0.225 e. The van der Waals surface area contributed by atoms with Crippen LogP contribution in [0, 0.1) is 19.8 Å². The number of hydrogen-bond donors (Lipinski definition) is 0. The lowest BCUT2D eigenvalue weighted by atomic mass is 9.88. The highest BCUT2D eigenvalue weighted by atomic mass is 32.1. The third-order valence-electron chi connectivity index (χ3n) is 5.75. The molecule has 1 aromatic heterocycles. The van der Waals surface area contributed by atoms with Gasteiger partial charge in [-0.25, -0.2) is 4.98 Å². The first-order chi connectivity index (χ1) is 12.1. The maximum Gasteiger partial charge on any atom is 0.225 e. The second kappa shape index (κ2) is 6.94. The molecule has 2 aromatic rings.